The maximum absolute atomic E-state index is 12.2. The van der Waals surface area contributed by atoms with Gasteiger partial charge in [-0.25, -0.2) is 10.2 Å². The topological polar surface area (TPSA) is 72.7 Å². The maximum atomic E-state index is 12.2. The first-order valence-corrected chi connectivity index (χ1v) is 9.67. The second-order valence-corrected chi connectivity index (χ2v) is 7.30. The van der Waals surface area contributed by atoms with Crippen LogP contribution in [0.1, 0.15) is 37.7 Å². The molecule has 0 spiro atoms. The highest BCUT2D eigenvalue weighted by molar-refractivity contribution is 9.10. The lowest BCUT2D eigenvalue weighted by Crippen LogP contribution is -2.17. The number of nitrogens with one attached hydrogen (secondary N) is 1. The van der Waals surface area contributed by atoms with Crippen molar-refractivity contribution in [1.82, 2.24) is 9.99 Å². The van der Waals surface area contributed by atoms with Crippen molar-refractivity contribution in [2.75, 3.05) is 7.11 Å². The molecule has 0 fully saturated rings. The molecule has 0 radical (unpaired) electrons. The zero-order chi connectivity index (χ0) is 21.0. The number of carbonyl (C=O) groups is 2. The van der Waals surface area contributed by atoms with Gasteiger partial charge in [0.05, 0.1) is 24.6 Å². The number of halogens is 1. The first-order valence-electron chi connectivity index (χ1n) is 8.88. The normalized spacial score (nSPS) is 10.9. The molecule has 2 aromatic carbocycles. The Morgan fingerprint density at radius 2 is 1.86 bits per heavy atom. The van der Waals surface area contributed by atoms with Crippen molar-refractivity contribution in [1.29, 1.82) is 0 Å². The zero-order valence-electron chi connectivity index (χ0n) is 16.3. The molecular formula is C22H20BrN3O3. The minimum absolute atomic E-state index is 0.299. The number of carbonyl (C=O) groups excluding carboxylic acids is 2. The minimum atomic E-state index is -0.399. The van der Waals surface area contributed by atoms with Crippen LogP contribution in [-0.4, -0.2) is 29.8 Å². The van der Waals surface area contributed by atoms with Crippen LogP contribution in [0.15, 0.2) is 64.2 Å². The fourth-order valence-electron chi connectivity index (χ4n) is 3.09. The van der Waals surface area contributed by atoms with Gasteiger partial charge in [0.25, 0.3) is 5.91 Å². The SMILES string of the molecule is COC(=O)c1ccccc1-n1c(C)cc(/C=N\NC(=O)c2cccc(Br)c2)c1C. The summed E-state index contributed by atoms with van der Waals surface area (Å²) in [5.41, 5.74) is 6.90. The van der Waals surface area contributed by atoms with Gasteiger partial charge in [0.15, 0.2) is 0 Å². The molecule has 1 heterocycles. The van der Waals surface area contributed by atoms with Gasteiger partial charge in [-0.05, 0) is 50.2 Å². The molecule has 0 unspecified atom stereocenters. The number of rotatable bonds is 5. The van der Waals surface area contributed by atoms with E-state index in [1.54, 1.807) is 36.5 Å². The first kappa shape index (κ1) is 20.5. The number of methoxy groups -OCH3 is 1. The number of ether oxygens (including phenoxy) is 1. The first-order chi connectivity index (χ1) is 13.9. The highest BCUT2D eigenvalue weighted by atomic mass is 79.9. The van der Waals surface area contributed by atoms with Crippen LogP contribution in [0.5, 0.6) is 0 Å². The van der Waals surface area contributed by atoms with E-state index in [2.05, 4.69) is 26.5 Å². The maximum Gasteiger partial charge on any atom is 0.339 e. The number of nitrogens with zero attached hydrogens (tertiary/aromatic N) is 2. The van der Waals surface area contributed by atoms with Gasteiger partial charge in [0.2, 0.25) is 0 Å². The predicted octanol–water partition coefficient (Wildman–Crippen LogP) is 4.41. The fourth-order valence-corrected chi connectivity index (χ4v) is 3.49. The standard InChI is InChI=1S/C22H20BrN3O3/c1-14-11-17(13-24-25-21(27)16-7-6-8-18(23)12-16)15(2)26(14)20-10-5-4-9-19(20)22(28)29-3/h4-13H,1-3H3,(H,25,27)/b24-13-. The summed E-state index contributed by atoms with van der Waals surface area (Å²) in [6, 6.07) is 16.3. The van der Waals surface area contributed by atoms with E-state index in [1.165, 1.54) is 7.11 Å². The lowest BCUT2D eigenvalue weighted by molar-refractivity contribution is 0.0600. The molecule has 0 bridgehead atoms. The molecule has 29 heavy (non-hydrogen) atoms. The number of aryl methyl sites for hydroxylation is 1. The number of para-hydroxylation sites is 1. The van der Waals surface area contributed by atoms with Crippen molar-refractivity contribution in [3.8, 4) is 5.69 Å². The van der Waals surface area contributed by atoms with E-state index in [1.807, 2.05) is 42.7 Å². The van der Waals surface area contributed by atoms with Gasteiger partial charge in [0.1, 0.15) is 0 Å². The summed E-state index contributed by atoms with van der Waals surface area (Å²) in [5, 5.41) is 4.09. The van der Waals surface area contributed by atoms with Crippen LogP contribution in [-0.2, 0) is 4.74 Å². The fraction of sp³-hybridized carbons (Fsp3) is 0.136. The molecule has 6 nitrogen and oxygen atoms in total. The predicted molar refractivity (Wildman–Crippen MR) is 116 cm³/mol. The third kappa shape index (κ3) is 4.46. The van der Waals surface area contributed by atoms with Crippen LogP contribution in [0.25, 0.3) is 5.69 Å². The van der Waals surface area contributed by atoms with Gasteiger partial charge in [-0.2, -0.15) is 5.10 Å². The largest absolute Gasteiger partial charge is 0.465 e. The zero-order valence-corrected chi connectivity index (χ0v) is 17.9. The lowest BCUT2D eigenvalue weighted by Gasteiger charge is -2.13. The highest BCUT2D eigenvalue weighted by Crippen LogP contribution is 2.23. The molecule has 0 aliphatic heterocycles. The Morgan fingerprint density at radius 3 is 2.59 bits per heavy atom. The number of amides is 1. The van der Waals surface area contributed by atoms with Crippen LogP contribution < -0.4 is 5.43 Å². The summed E-state index contributed by atoms with van der Waals surface area (Å²) in [7, 11) is 1.36. The molecule has 0 aliphatic rings. The van der Waals surface area contributed by atoms with Crippen LogP contribution in [0, 0.1) is 13.8 Å². The molecule has 0 saturated heterocycles. The Hall–Kier alpha value is -3.19. The molecule has 0 atom stereocenters. The molecule has 0 aliphatic carbocycles. The van der Waals surface area contributed by atoms with E-state index >= 15 is 0 Å². The van der Waals surface area contributed by atoms with Gasteiger partial charge < -0.3 is 9.30 Å². The number of hydrazone groups is 1. The number of benzene rings is 2. The van der Waals surface area contributed by atoms with Crippen molar-refractivity contribution in [3.05, 3.63) is 87.1 Å². The number of aromatic nitrogens is 1. The minimum Gasteiger partial charge on any atom is -0.465 e. The van der Waals surface area contributed by atoms with Crippen molar-refractivity contribution in [2.45, 2.75) is 13.8 Å². The Bertz CT molecular complexity index is 1100. The van der Waals surface area contributed by atoms with Crippen molar-refractivity contribution in [2.24, 2.45) is 5.10 Å². The molecule has 148 valence electrons. The lowest BCUT2D eigenvalue weighted by atomic mass is 10.1. The molecule has 3 rings (SSSR count). The summed E-state index contributed by atoms with van der Waals surface area (Å²) in [4.78, 5) is 24.3. The Morgan fingerprint density at radius 1 is 1.10 bits per heavy atom. The molecule has 3 aromatic rings. The van der Waals surface area contributed by atoms with Gasteiger partial charge in [-0.3, -0.25) is 4.79 Å². The number of esters is 1. The third-order valence-corrected chi connectivity index (χ3v) is 4.97. The Labute approximate surface area is 177 Å². The van der Waals surface area contributed by atoms with Gasteiger partial charge in [0, 0.05) is 27.0 Å². The summed E-state index contributed by atoms with van der Waals surface area (Å²) >= 11 is 3.34. The van der Waals surface area contributed by atoms with Gasteiger partial charge in [-0.1, -0.05) is 34.1 Å². The number of hydrogen-bond donors (Lipinski definition) is 1. The van der Waals surface area contributed by atoms with Crippen LogP contribution in [0.3, 0.4) is 0 Å². The van der Waals surface area contributed by atoms with E-state index in [4.69, 9.17) is 4.74 Å². The average Bonchev–Trinajstić information content (AvgIpc) is 3.00. The average molecular weight is 454 g/mol. The Kier molecular flexibility index (Phi) is 6.29. The molecule has 1 N–H and O–H groups in total. The second-order valence-electron chi connectivity index (χ2n) is 6.38. The van der Waals surface area contributed by atoms with Gasteiger partial charge >= 0.3 is 5.97 Å². The monoisotopic (exact) mass is 453 g/mol. The summed E-state index contributed by atoms with van der Waals surface area (Å²) in [6.45, 7) is 3.87. The highest BCUT2D eigenvalue weighted by Gasteiger charge is 2.17. The summed E-state index contributed by atoms with van der Waals surface area (Å²) < 4.78 is 7.68. The van der Waals surface area contributed by atoms with E-state index in [-0.39, 0.29) is 5.91 Å². The van der Waals surface area contributed by atoms with Gasteiger partial charge in [-0.15, -0.1) is 0 Å². The van der Waals surface area contributed by atoms with Crippen LogP contribution in [0.4, 0.5) is 0 Å². The van der Waals surface area contributed by atoms with E-state index in [0.29, 0.717) is 11.1 Å². The summed E-state index contributed by atoms with van der Waals surface area (Å²) in [5.74, 6) is -0.697. The van der Waals surface area contributed by atoms with Crippen molar-refractivity contribution < 1.29 is 14.3 Å². The molecule has 1 amide bonds. The molecule has 1 aromatic heterocycles. The smallest absolute Gasteiger partial charge is 0.339 e. The summed E-state index contributed by atoms with van der Waals surface area (Å²) in [6.07, 6.45) is 1.59. The van der Waals surface area contributed by atoms with Crippen LogP contribution in [0.2, 0.25) is 0 Å². The van der Waals surface area contributed by atoms with Crippen LogP contribution >= 0.6 is 15.9 Å². The van der Waals surface area contributed by atoms with E-state index in [0.717, 1.165) is 27.1 Å². The van der Waals surface area contributed by atoms with E-state index in [9.17, 15) is 9.59 Å². The molecule has 7 heteroatoms. The van der Waals surface area contributed by atoms with Crippen molar-refractivity contribution in [3.63, 3.8) is 0 Å². The van der Waals surface area contributed by atoms with Crippen molar-refractivity contribution >= 4 is 34.0 Å². The van der Waals surface area contributed by atoms with E-state index < -0.39 is 5.97 Å². The molecule has 0 saturated carbocycles. The Balaban J connectivity index is 1.86. The second kappa shape index (κ2) is 8.87. The third-order valence-electron chi connectivity index (χ3n) is 4.48. The molecular weight excluding hydrogens is 434 g/mol. The quantitative estimate of drug-likeness (QED) is 0.353. The number of hydrogen-bond acceptors (Lipinski definition) is 4.